The Morgan fingerprint density at radius 1 is 1.17 bits per heavy atom. The third-order valence-corrected chi connectivity index (χ3v) is 5.31. The smallest absolute Gasteiger partial charge is 0.225 e. The van der Waals surface area contributed by atoms with Crippen molar-refractivity contribution >= 4 is 39.0 Å². The number of benzene rings is 1. The van der Waals surface area contributed by atoms with Gasteiger partial charge in [0, 0.05) is 24.0 Å². The molecule has 0 aliphatic carbocycles. The summed E-state index contributed by atoms with van der Waals surface area (Å²) in [5.74, 6) is 1.85. The van der Waals surface area contributed by atoms with Gasteiger partial charge in [-0.1, -0.05) is 12.1 Å². The van der Waals surface area contributed by atoms with Gasteiger partial charge >= 0.3 is 0 Å². The van der Waals surface area contributed by atoms with Gasteiger partial charge in [0.05, 0.1) is 12.0 Å². The molecule has 1 aliphatic heterocycles. The Morgan fingerprint density at radius 2 is 1.92 bits per heavy atom. The monoisotopic (exact) mass is 359 g/mol. The Bertz CT molecular complexity index is 857. The van der Waals surface area contributed by atoms with Crippen molar-refractivity contribution < 1.29 is 4.74 Å². The zero-order valence-electron chi connectivity index (χ0n) is 13.5. The van der Waals surface area contributed by atoms with Crippen LogP contribution in [-0.4, -0.2) is 29.7 Å². The molecule has 1 aliphatic rings. The molecule has 0 saturated carbocycles. The number of hydrogen-bond donors (Lipinski definition) is 0. The van der Waals surface area contributed by atoms with Gasteiger partial charge < -0.3 is 9.64 Å². The minimum absolute atomic E-state index is 0.324. The molecule has 2 aromatic heterocycles. The molecule has 1 aromatic carbocycles. The molecule has 124 valence electrons. The number of anilines is 1. The van der Waals surface area contributed by atoms with E-state index >= 15 is 0 Å². The fraction of sp³-hybridized carbons (Fsp3) is 0.333. The molecule has 0 spiro atoms. The van der Waals surface area contributed by atoms with Crippen LogP contribution in [-0.2, 0) is 0 Å². The minimum Gasteiger partial charge on any atom is -0.494 e. The first-order valence-electron chi connectivity index (χ1n) is 8.19. The minimum atomic E-state index is 0.324. The van der Waals surface area contributed by atoms with Crippen LogP contribution in [0.5, 0.6) is 5.75 Å². The first kappa shape index (κ1) is 15.7. The zero-order valence-corrected chi connectivity index (χ0v) is 15.0. The van der Waals surface area contributed by atoms with Crippen molar-refractivity contribution in [3.05, 3.63) is 34.9 Å². The number of hydrogen-bond acceptors (Lipinski definition) is 5. The molecule has 0 atom stereocenters. The normalized spacial score (nSPS) is 14.5. The Kier molecular flexibility index (Phi) is 4.29. The lowest BCUT2D eigenvalue weighted by molar-refractivity contribution is 0.340. The summed E-state index contributed by atoms with van der Waals surface area (Å²) in [5, 5.41) is 3.57. The van der Waals surface area contributed by atoms with Crippen molar-refractivity contribution in [2.45, 2.75) is 19.8 Å². The van der Waals surface area contributed by atoms with E-state index in [4.69, 9.17) is 16.3 Å². The third-order valence-electron chi connectivity index (χ3n) is 4.27. The van der Waals surface area contributed by atoms with Gasteiger partial charge in [-0.05, 0) is 49.1 Å². The van der Waals surface area contributed by atoms with E-state index in [0.29, 0.717) is 11.9 Å². The Labute approximate surface area is 150 Å². The van der Waals surface area contributed by atoms with Gasteiger partial charge in [-0.2, -0.15) is 4.98 Å². The summed E-state index contributed by atoms with van der Waals surface area (Å²) in [6.45, 7) is 4.72. The van der Waals surface area contributed by atoms with E-state index < -0.39 is 0 Å². The van der Waals surface area contributed by atoms with Crippen molar-refractivity contribution in [2.24, 2.45) is 0 Å². The maximum absolute atomic E-state index is 6.15. The van der Waals surface area contributed by atoms with Gasteiger partial charge in [-0.15, -0.1) is 11.3 Å². The second-order valence-corrected chi connectivity index (χ2v) is 6.99. The van der Waals surface area contributed by atoms with Crippen LogP contribution in [0.15, 0.2) is 29.6 Å². The fourth-order valence-electron chi connectivity index (χ4n) is 3.17. The highest BCUT2D eigenvalue weighted by Gasteiger charge is 2.21. The van der Waals surface area contributed by atoms with Crippen LogP contribution in [0.1, 0.15) is 19.8 Å². The molecule has 0 unspecified atom stereocenters. The highest BCUT2D eigenvalue weighted by atomic mass is 35.5. The summed E-state index contributed by atoms with van der Waals surface area (Å²) < 4.78 is 5.54. The number of thiophene rings is 1. The van der Waals surface area contributed by atoms with Crippen LogP contribution in [0, 0.1) is 0 Å². The van der Waals surface area contributed by atoms with Crippen LogP contribution < -0.4 is 9.64 Å². The van der Waals surface area contributed by atoms with E-state index in [2.05, 4.69) is 32.4 Å². The largest absolute Gasteiger partial charge is 0.494 e. The highest BCUT2D eigenvalue weighted by molar-refractivity contribution is 7.17. The maximum Gasteiger partial charge on any atom is 0.225 e. The quantitative estimate of drug-likeness (QED) is 0.614. The highest BCUT2D eigenvalue weighted by Crippen LogP contribution is 2.40. The van der Waals surface area contributed by atoms with Crippen molar-refractivity contribution in [3.8, 4) is 16.9 Å². The van der Waals surface area contributed by atoms with E-state index in [0.717, 1.165) is 46.0 Å². The number of ether oxygens (including phenoxy) is 1. The molecule has 4 nitrogen and oxygen atoms in total. The molecule has 0 amide bonds. The van der Waals surface area contributed by atoms with Gasteiger partial charge in [0.2, 0.25) is 5.28 Å². The Balaban J connectivity index is 1.83. The predicted molar refractivity (Wildman–Crippen MR) is 100 cm³/mol. The van der Waals surface area contributed by atoms with Crippen LogP contribution in [0.25, 0.3) is 21.3 Å². The molecule has 3 aromatic rings. The standard InChI is InChI=1S/C18H18ClN3OS/c1-2-23-13-7-5-12(6-8-13)14-11-24-17-15(14)16(20-18(19)21-17)22-9-3-4-10-22/h5-8,11H,2-4,9-10H2,1H3. The molecule has 6 heteroatoms. The number of fused-ring (bicyclic) bond motifs is 1. The number of nitrogens with zero attached hydrogens (tertiary/aromatic N) is 3. The summed E-state index contributed by atoms with van der Waals surface area (Å²) in [6.07, 6.45) is 2.40. The zero-order chi connectivity index (χ0) is 16.5. The third kappa shape index (κ3) is 2.82. The van der Waals surface area contributed by atoms with Gasteiger partial charge in [0.15, 0.2) is 0 Å². The van der Waals surface area contributed by atoms with Gasteiger partial charge in [-0.3, -0.25) is 0 Å². The van der Waals surface area contributed by atoms with E-state index in [1.165, 1.54) is 12.8 Å². The molecular weight excluding hydrogens is 342 g/mol. The van der Waals surface area contributed by atoms with E-state index in [-0.39, 0.29) is 0 Å². The SMILES string of the molecule is CCOc1ccc(-c2csc3nc(Cl)nc(N4CCCC4)c23)cc1. The number of halogens is 1. The molecule has 24 heavy (non-hydrogen) atoms. The van der Waals surface area contributed by atoms with E-state index in [1.807, 2.05) is 19.1 Å². The van der Waals surface area contributed by atoms with Crippen molar-refractivity contribution in [1.29, 1.82) is 0 Å². The summed E-state index contributed by atoms with van der Waals surface area (Å²) in [4.78, 5) is 12.2. The maximum atomic E-state index is 6.15. The Morgan fingerprint density at radius 3 is 2.62 bits per heavy atom. The van der Waals surface area contributed by atoms with Crippen LogP contribution in [0.2, 0.25) is 5.28 Å². The molecule has 0 radical (unpaired) electrons. The second-order valence-electron chi connectivity index (χ2n) is 5.80. The van der Waals surface area contributed by atoms with Crippen molar-refractivity contribution in [1.82, 2.24) is 9.97 Å². The van der Waals surface area contributed by atoms with Gasteiger partial charge in [-0.25, -0.2) is 4.98 Å². The molecule has 1 fully saturated rings. The number of rotatable bonds is 4. The predicted octanol–water partition coefficient (Wildman–Crippen LogP) is 5.01. The molecular formula is C18H18ClN3OS. The molecule has 3 heterocycles. The number of aromatic nitrogens is 2. The lowest BCUT2D eigenvalue weighted by Gasteiger charge is -2.18. The molecule has 1 saturated heterocycles. The average Bonchev–Trinajstić information content (AvgIpc) is 3.25. The van der Waals surface area contributed by atoms with Crippen LogP contribution in [0.4, 0.5) is 5.82 Å². The van der Waals surface area contributed by atoms with Crippen LogP contribution >= 0.6 is 22.9 Å². The first-order valence-corrected chi connectivity index (χ1v) is 9.45. The van der Waals surface area contributed by atoms with Gasteiger partial charge in [0.1, 0.15) is 16.4 Å². The lowest BCUT2D eigenvalue weighted by Crippen LogP contribution is -2.19. The van der Waals surface area contributed by atoms with Gasteiger partial charge in [0.25, 0.3) is 0 Å². The van der Waals surface area contributed by atoms with Crippen LogP contribution in [0.3, 0.4) is 0 Å². The molecule has 0 N–H and O–H groups in total. The lowest BCUT2D eigenvalue weighted by atomic mass is 10.1. The van der Waals surface area contributed by atoms with E-state index in [1.54, 1.807) is 11.3 Å². The Hall–Kier alpha value is -1.85. The summed E-state index contributed by atoms with van der Waals surface area (Å²) in [5.41, 5.74) is 2.31. The van der Waals surface area contributed by atoms with E-state index in [9.17, 15) is 0 Å². The average molecular weight is 360 g/mol. The fourth-order valence-corrected chi connectivity index (χ4v) is 4.32. The summed E-state index contributed by atoms with van der Waals surface area (Å²) in [7, 11) is 0. The molecule has 0 bridgehead atoms. The first-order chi connectivity index (χ1) is 11.8. The van der Waals surface area contributed by atoms with Crippen molar-refractivity contribution in [2.75, 3.05) is 24.6 Å². The molecule has 4 rings (SSSR count). The topological polar surface area (TPSA) is 38.3 Å². The van der Waals surface area contributed by atoms with Crippen molar-refractivity contribution in [3.63, 3.8) is 0 Å². The summed E-state index contributed by atoms with van der Waals surface area (Å²) >= 11 is 7.77. The second kappa shape index (κ2) is 6.57. The summed E-state index contributed by atoms with van der Waals surface area (Å²) in [6, 6.07) is 8.20.